The second kappa shape index (κ2) is 10.5. The molecular formula is C22H23N5O10. The van der Waals surface area contributed by atoms with E-state index in [0.717, 1.165) is 15.0 Å². The van der Waals surface area contributed by atoms with Gasteiger partial charge in [-0.3, -0.25) is 29.4 Å². The molecular weight excluding hydrogens is 494 g/mol. The number of nitrogens with one attached hydrogen (secondary N) is 2. The van der Waals surface area contributed by atoms with Gasteiger partial charge in [0, 0.05) is 18.5 Å². The van der Waals surface area contributed by atoms with Crippen LogP contribution in [0.1, 0.15) is 36.0 Å². The van der Waals surface area contributed by atoms with Crippen molar-refractivity contribution in [1.82, 2.24) is 25.8 Å². The molecule has 37 heavy (non-hydrogen) atoms. The molecule has 5 amide bonds. The number of aliphatic carboxylic acids is 1. The minimum Gasteiger partial charge on any atom is -0.481 e. The summed E-state index contributed by atoms with van der Waals surface area (Å²) in [5, 5.41) is 13.9. The number of hydrogen-bond acceptors (Lipinski definition) is 9. The molecule has 3 N–H and O–H groups in total. The summed E-state index contributed by atoms with van der Waals surface area (Å²) in [6, 6.07) is 0.599. The Bertz CT molecular complexity index is 1170. The van der Waals surface area contributed by atoms with Crippen molar-refractivity contribution in [2.24, 2.45) is 0 Å². The minimum absolute atomic E-state index is 0.0183. The van der Waals surface area contributed by atoms with E-state index in [-0.39, 0.29) is 50.3 Å². The SMILES string of the molecule is O=CC(CC(=O)O)NC(=O)C1CCCN2C(=O)CCN(NC(=O)C(=O)c3ccc4c(c3)OCO4)C(=O)N12. The van der Waals surface area contributed by atoms with Gasteiger partial charge in [0.25, 0.3) is 5.78 Å². The Hall–Kier alpha value is -4.69. The first-order valence-corrected chi connectivity index (χ1v) is 11.3. The molecule has 0 spiro atoms. The number of fused-ring (bicyclic) bond motifs is 2. The number of urea groups is 1. The van der Waals surface area contributed by atoms with Gasteiger partial charge in [-0.1, -0.05) is 0 Å². The number of hydrazine groups is 2. The molecule has 1 aromatic rings. The van der Waals surface area contributed by atoms with E-state index < -0.39 is 54.0 Å². The Morgan fingerprint density at radius 2 is 1.89 bits per heavy atom. The summed E-state index contributed by atoms with van der Waals surface area (Å²) in [6.07, 6.45) is -0.144. The van der Waals surface area contributed by atoms with Gasteiger partial charge in [-0.15, -0.1) is 0 Å². The summed E-state index contributed by atoms with van der Waals surface area (Å²) < 4.78 is 10.4. The van der Waals surface area contributed by atoms with Gasteiger partial charge in [0.05, 0.1) is 19.0 Å². The number of carboxylic acids is 1. The van der Waals surface area contributed by atoms with Crippen LogP contribution in [0.4, 0.5) is 4.79 Å². The summed E-state index contributed by atoms with van der Waals surface area (Å²) in [5.41, 5.74) is 2.18. The van der Waals surface area contributed by atoms with Crippen molar-refractivity contribution < 1.29 is 48.1 Å². The molecule has 1 aromatic carbocycles. The van der Waals surface area contributed by atoms with Gasteiger partial charge in [-0.2, -0.15) is 0 Å². The zero-order chi connectivity index (χ0) is 26.7. The van der Waals surface area contributed by atoms with Gasteiger partial charge in [0.15, 0.2) is 11.5 Å². The number of rotatable bonds is 8. The molecule has 3 heterocycles. The maximum absolute atomic E-state index is 13.4. The summed E-state index contributed by atoms with van der Waals surface area (Å²) in [6.45, 7) is -0.173. The standard InChI is InChI=1S/C22H23N5O10/c28-10-13(9-18(30)31)23-20(33)14-2-1-6-26-17(29)5-7-25(22(35)27(14)26)24-21(34)19(32)12-3-4-15-16(8-12)37-11-36-15/h3-4,8,10,13-14H,1-2,5-7,9,11H2,(H,23,33)(H,24,34)(H,30,31). The predicted octanol–water partition coefficient (Wildman–Crippen LogP) is -1.18. The smallest absolute Gasteiger partial charge is 0.358 e. The minimum atomic E-state index is -1.34. The molecule has 0 saturated carbocycles. The molecule has 2 saturated heterocycles. The zero-order valence-corrected chi connectivity index (χ0v) is 19.4. The highest BCUT2D eigenvalue weighted by molar-refractivity contribution is 6.42. The summed E-state index contributed by atoms with van der Waals surface area (Å²) in [5.74, 6) is -4.10. The number of benzene rings is 1. The van der Waals surface area contributed by atoms with Crippen LogP contribution in [0.5, 0.6) is 11.5 Å². The Balaban J connectivity index is 1.51. The predicted molar refractivity (Wildman–Crippen MR) is 119 cm³/mol. The number of carbonyl (C=O) groups is 7. The van der Waals surface area contributed by atoms with Gasteiger partial charge in [-0.25, -0.2) is 19.8 Å². The molecule has 4 rings (SSSR count). The molecule has 15 nitrogen and oxygen atoms in total. The fraction of sp³-hybridized carbons (Fsp3) is 0.409. The van der Waals surface area contributed by atoms with Gasteiger partial charge < -0.3 is 24.7 Å². The topological polar surface area (TPSA) is 192 Å². The van der Waals surface area contributed by atoms with Crippen molar-refractivity contribution in [3.05, 3.63) is 23.8 Å². The Kier molecular flexibility index (Phi) is 7.22. The molecule has 196 valence electrons. The van der Waals surface area contributed by atoms with Crippen molar-refractivity contribution in [3.8, 4) is 11.5 Å². The first-order valence-electron chi connectivity index (χ1n) is 11.3. The number of amides is 5. The number of aldehydes is 1. The highest BCUT2D eigenvalue weighted by Gasteiger charge is 2.44. The second-order valence-electron chi connectivity index (χ2n) is 8.39. The maximum Gasteiger partial charge on any atom is 0.358 e. The van der Waals surface area contributed by atoms with Crippen molar-refractivity contribution in [2.75, 3.05) is 19.9 Å². The molecule has 0 radical (unpaired) electrons. The Morgan fingerprint density at radius 3 is 2.62 bits per heavy atom. The van der Waals surface area contributed by atoms with Crippen LogP contribution < -0.4 is 20.2 Å². The number of carboxylic acid groups (broad SMARTS) is 1. The van der Waals surface area contributed by atoms with E-state index in [1.807, 2.05) is 0 Å². The third-order valence-corrected chi connectivity index (χ3v) is 5.93. The number of ketones is 1. The summed E-state index contributed by atoms with van der Waals surface area (Å²) >= 11 is 0. The average molecular weight is 517 g/mol. The zero-order valence-electron chi connectivity index (χ0n) is 19.4. The van der Waals surface area contributed by atoms with E-state index >= 15 is 0 Å². The maximum atomic E-state index is 13.4. The lowest BCUT2D eigenvalue weighted by atomic mass is 10.1. The van der Waals surface area contributed by atoms with E-state index in [1.165, 1.54) is 18.2 Å². The second-order valence-corrected chi connectivity index (χ2v) is 8.39. The Labute approximate surface area is 209 Å². The average Bonchev–Trinajstić information content (AvgIpc) is 3.32. The molecule has 2 unspecified atom stereocenters. The number of nitrogens with zero attached hydrogens (tertiary/aromatic N) is 3. The quantitative estimate of drug-likeness (QED) is 0.215. The van der Waals surface area contributed by atoms with Crippen LogP contribution in [0, 0.1) is 0 Å². The molecule has 3 aliphatic heterocycles. The van der Waals surface area contributed by atoms with Crippen LogP contribution >= 0.6 is 0 Å². The summed E-state index contributed by atoms with van der Waals surface area (Å²) in [7, 11) is 0. The van der Waals surface area contributed by atoms with Crippen molar-refractivity contribution in [3.63, 3.8) is 0 Å². The van der Waals surface area contributed by atoms with E-state index in [1.54, 1.807) is 0 Å². The Morgan fingerprint density at radius 1 is 1.14 bits per heavy atom. The summed E-state index contributed by atoms with van der Waals surface area (Å²) in [4.78, 5) is 86.5. The lowest BCUT2D eigenvalue weighted by Gasteiger charge is -2.42. The highest BCUT2D eigenvalue weighted by Crippen LogP contribution is 2.32. The van der Waals surface area contributed by atoms with Gasteiger partial charge in [-0.05, 0) is 31.0 Å². The molecule has 2 atom stereocenters. The van der Waals surface area contributed by atoms with Crippen LogP contribution in [0.15, 0.2) is 18.2 Å². The molecule has 0 aliphatic carbocycles. The van der Waals surface area contributed by atoms with Crippen molar-refractivity contribution in [2.45, 2.75) is 37.8 Å². The monoisotopic (exact) mass is 517 g/mol. The molecule has 15 heteroatoms. The normalized spacial score (nSPS) is 19.5. The number of hydrogen-bond donors (Lipinski definition) is 3. The first-order chi connectivity index (χ1) is 17.7. The lowest BCUT2D eigenvalue weighted by molar-refractivity contribution is -0.155. The van der Waals surface area contributed by atoms with Crippen molar-refractivity contribution >= 4 is 41.8 Å². The molecule has 3 aliphatic rings. The third-order valence-electron chi connectivity index (χ3n) is 5.93. The van der Waals surface area contributed by atoms with Crippen LogP contribution in [0.25, 0.3) is 0 Å². The van der Waals surface area contributed by atoms with Crippen LogP contribution in [-0.2, 0) is 24.0 Å². The fourth-order valence-electron chi connectivity index (χ4n) is 4.16. The largest absolute Gasteiger partial charge is 0.481 e. The lowest BCUT2D eigenvalue weighted by Crippen LogP contribution is -2.65. The highest BCUT2D eigenvalue weighted by atomic mass is 16.7. The van der Waals surface area contributed by atoms with Crippen LogP contribution in [0.2, 0.25) is 0 Å². The van der Waals surface area contributed by atoms with Crippen molar-refractivity contribution in [1.29, 1.82) is 0 Å². The first kappa shape index (κ1) is 25.4. The van der Waals surface area contributed by atoms with E-state index in [9.17, 15) is 33.6 Å². The molecule has 0 bridgehead atoms. The number of carbonyl (C=O) groups excluding carboxylic acids is 6. The van der Waals surface area contributed by atoms with E-state index in [2.05, 4.69) is 10.7 Å². The van der Waals surface area contributed by atoms with Crippen LogP contribution in [0.3, 0.4) is 0 Å². The fourth-order valence-corrected chi connectivity index (χ4v) is 4.16. The van der Waals surface area contributed by atoms with Gasteiger partial charge in [0.1, 0.15) is 12.3 Å². The van der Waals surface area contributed by atoms with E-state index in [0.29, 0.717) is 12.2 Å². The van der Waals surface area contributed by atoms with E-state index in [4.69, 9.17) is 14.6 Å². The van der Waals surface area contributed by atoms with Gasteiger partial charge >= 0.3 is 17.9 Å². The van der Waals surface area contributed by atoms with Crippen LogP contribution in [-0.4, -0.2) is 93.9 Å². The molecule has 0 aromatic heterocycles. The number of ether oxygens (including phenoxy) is 2. The third kappa shape index (κ3) is 5.29. The molecule has 2 fully saturated rings. The van der Waals surface area contributed by atoms with Gasteiger partial charge in [0.2, 0.25) is 18.6 Å². The number of Topliss-reactive ketones (excluding diaryl/α,β-unsaturated/α-hetero) is 1.